The van der Waals surface area contributed by atoms with Crippen LogP contribution in [0.15, 0.2) is 34.9 Å². The molecule has 1 saturated heterocycles. The molecule has 0 N–H and O–H groups in total. The van der Waals surface area contributed by atoms with Crippen LogP contribution in [0.2, 0.25) is 0 Å². The molecule has 0 aliphatic carbocycles. The van der Waals surface area contributed by atoms with E-state index in [4.69, 9.17) is 14.0 Å². The number of nitrogens with zero attached hydrogens (tertiary/aromatic N) is 2. The maximum absolute atomic E-state index is 13.0. The van der Waals surface area contributed by atoms with Gasteiger partial charge in [0.1, 0.15) is 22.8 Å². The summed E-state index contributed by atoms with van der Waals surface area (Å²) in [6, 6.07) is 9.39. The number of carbonyl (C=O) groups excluding carboxylic acids is 2. The van der Waals surface area contributed by atoms with Gasteiger partial charge in [-0.1, -0.05) is 11.2 Å². The highest BCUT2D eigenvalue weighted by Gasteiger charge is 2.43. The number of fused-ring (bicyclic) bond motifs is 2. The van der Waals surface area contributed by atoms with Crippen molar-refractivity contribution in [2.45, 2.75) is 45.1 Å². The van der Waals surface area contributed by atoms with Crippen molar-refractivity contribution in [2.24, 2.45) is 0 Å². The lowest BCUT2D eigenvalue weighted by Crippen LogP contribution is -2.52. The van der Waals surface area contributed by atoms with Crippen molar-refractivity contribution in [1.82, 2.24) is 10.1 Å². The molecular formula is C25H26N2O5. The number of rotatable bonds is 3. The highest BCUT2D eigenvalue weighted by Crippen LogP contribution is 2.40. The third kappa shape index (κ3) is 3.51. The Bertz CT molecular complexity index is 1220. The number of methoxy groups -OCH3 is 1. The second-order valence-electron chi connectivity index (χ2n) is 8.89. The molecular weight excluding hydrogens is 408 g/mol. The Morgan fingerprint density at radius 1 is 1.19 bits per heavy atom. The number of ether oxygens (including phenoxy) is 2. The molecule has 166 valence electrons. The smallest absolute Gasteiger partial charge is 0.228 e. The first-order valence-corrected chi connectivity index (χ1v) is 10.9. The summed E-state index contributed by atoms with van der Waals surface area (Å²) in [6.45, 7) is 5.10. The van der Waals surface area contributed by atoms with Crippen molar-refractivity contribution < 1.29 is 23.6 Å². The number of amides is 1. The highest BCUT2D eigenvalue weighted by atomic mass is 16.5. The van der Waals surface area contributed by atoms with Crippen LogP contribution in [-0.4, -0.2) is 47.5 Å². The molecule has 1 spiro atoms. The van der Waals surface area contributed by atoms with E-state index in [9.17, 15) is 9.59 Å². The zero-order valence-electron chi connectivity index (χ0n) is 18.6. The zero-order valence-corrected chi connectivity index (χ0v) is 18.6. The first-order chi connectivity index (χ1) is 15.4. The van der Waals surface area contributed by atoms with Gasteiger partial charge in [-0.3, -0.25) is 9.59 Å². The normalized spacial score (nSPS) is 17.3. The second-order valence-corrected chi connectivity index (χ2v) is 8.89. The molecule has 0 atom stereocenters. The van der Waals surface area contributed by atoms with Crippen molar-refractivity contribution in [3.05, 3.63) is 52.7 Å². The molecule has 3 heterocycles. The molecule has 0 radical (unpaired) electrons. The summed E-state index contributed by atoms with van der Waals surface area (Å²) in [7, 11) is 1.58. The van der Waals surface area contributed by atoms with Gasteiger partial charge >= 0.3 is 0 Å². The van der Waals surface area contributed by atoms with Gasteiger partial charge in [-0.2, -0.15) is 0 Å². The molecule has 1 aromatic heterocycles. The predicted molar refractivity (Wildman–Crippen MR) is 118 cm³/mol. The average Bonchev–Trinajstić information content (AvgIpc) is 3.16. The molecule has 1 amide bonds. The molecule has 5 rings (SSSR count). The van der Waals surface area contributed by atoms with Crippen molar-refractivity contribution in [3.63, 3.8) is 0 Å². The van der Waals surface area contributed by atoms with Crippen molar-refractivity contribution in [1.29, 1.82) is 0 Å². The molecule has 7 heteroatoms. The quantitative estimate of drug-likeness (QED) is 0.619. The average molecular weight is 434 g/mol. The van der Waals surface area contributed by atoms with E-state index in [0.717, 1.165) is 22.1 Å². The molecule has 0 bridgehead atoms. The summed E-state index contributed by atoms with van der Waals surface area (Å²) >= 11 is 0. The van der Waals surface area contributed by atoms with Gasteiger partial charge in [0.15, 0.2) is 11.4 Å². The number of ketones is 1. The molecule has 1 fully saturated rings. The number of benzene rings is 2. The van der Waals surface area contributed by atoms with Crippen molar-refractivity contribution >= 4 is 22.7 Å². The van der Waals surface area contributed by atoms with Gasteiger partial charge in [-0.25, -0.2) is 0 Å². The number of piperidine rings is 1. The van der Waals surface area contributed by atoms with Crippen LogP contribution in [0.1, 0.15) is 46.4 Å². The van der Waals surface area contributed by atoms with Crippen LogP contribution >= 0.6 is 0 Å². The van der Waals surface area contributed by atoms with Crippen LogP contribution in [-0.2, 0) is 11.2 Å². The minimum absolute atomic E-state index is 0.0153. The summed E-state index contributed by atoms with van der Waals surface area (Å²) in [6.07, 6.45) is 1.76. The summed E-state index contributed by atoms with van der Waals surface area (Å²) in [5.74, 6) is 1.32. The third-order valence-electron chi connectivity index (χ3n) is 6.62. The summed E-state index contributed by atoms with van der Waals surface area (Å²) in [5, 5.41) is 5.06. The molecule has 2 aliphatic rings. The van der Waals surface area contributed by atoms with Gasteiger partial charge in [-0.05, 0) is 49.2 Å². The monoisotopic (exact) mass is 434 g/mol. The number of hydrogen-bond acceptors (Lipinski definition) is 6. The van der Waals surface area contributed by atoms with Gasteiger partial charge in [0, 0.05) is 31.3 Å². The maximum Gasteiger partial charge on any atom is 0.228 e. The molecule has 2 aromatic carbocycles. The largest absolute Gasteiger partial charge is 0.497 e. The van der Waals surface area contributed by atoms with E-state index >= 15 is 0 Å². The van der Waals surface area contributed by atoms with Crippen molar-refractivity contribution in [3.8, 4) is 11.5 Å². The Hall–Kier alpha value is -3.35. The molecule has 7 nitrogen and oxygen atoms in total. The topological polar surface area (TPSA) is 81.9 Å². The SMILES string of the molecule is COc1ccc2c(c1)C(=O)CC1(CCN(C(=O)Cc3noc4c(C)cc(C)cc34)CC1)O2. The first kappa shape index (κ1) is 20.5. The number of Topliss-reactive ketones (excluding diaryl/α,β-unsaturated/α-hetero) is 1. The van der Waals surface area contributed by atoms with E-state index in [0.29, 0.717) is 55.1 Å². The fraction of sp³-hybridized carbons (Fsp3) is 0.400. The summed E-state index contributed by atoms with van der Waals surface area (Å²) in [4.78, 5) is 27.6. The van der Waals surface area contributed by atoms with E-state index in [-0.39, 0.29) is 18.1 Å². The Kier molecular flexibility index (Phi) is 4.92. The Labute approximate surface area is 186 Å². The van der Waals surface area contributed by atoms with Gasteiger partial charge in [-0.15, -0.1) is 0 Å². The fourth-order valence-corrected chi connectivity index (χ4v) is 4.86. The number of aryl methyl sites for hydroxylation is 2. The minimum atomic E-state index is -0.551. The van der Waals surface area contributed by atoms with Crippen LogP contribution in [0.3, 0.4) is 0 Å². The number of aromatic nitrogens is 1. The van der Waals surface area contributed by atoms with Crippen molar-refractivity contribution in [2.75, 3.05) is 20.2 Å². The first-order valence-electron chi connectivity index (χ1n) is 10.9. The second kappa shape index (κ2) is 7.65. The van der Waals surface area contributed by atoms with E-state index in [1.54, 1.807) is 25.3 Å². The van der Waals surface area contributed by atoms with Gasteiger partial charge in [0.05, 0.1) is 25.5 Å². The van der Waals surface area contributed by atoms with E-state index in [1.165, 1.54) is 0 Å². The van der Waals surface area contributed by atoms with Crippen LogP contribution in [0.5, 0.6) is 11.5 Å². The minimum Gasteiger partial charge on any atom is -0.497 e. The summed E-state index contributed by atoms with van der Waals surface area (Å²) < 4.78 is 17.0. The number of hydrogen-bond donors (Lipinski definition) is 0. The van der Waals surface area contributed by atoms with Gasteiger partial charge < -0.3 is 18.9 Å². The number of likely N-dealkylation sites (tertiary alicyclic amines) is 1. The molecule has 32 heavy (non-hydrogen) atoms. The standard InChI is InChI=1S/C25H26N2O5/c1-15-10-16(2)24-18(11-15)20(26-32-24)13-23(29)27-8-6-25(7-9-27)14-21(28)19-12-17(30-3)4-5-22(19)31-25/h4-5,10-12H,6-9,13-14H2,1-3H3. The molecule has 0 saturated carbocycles. The number of carbonyl (C=O) groups is 2. The van der Waals surface area contributed by atoms with Crippen LogP contribution in [0.4, 0.5) is 0 Å². The highest BCUT2D eigenvalue weighted by molar-refractivity contribution is 6.00. The lowest BCUT2D eigenvalue weighted by atomic mass is 9.82. The fourth-order valence-electron chi connectivity index (χ4n) is 4.86. The van der Waals surface area contributed by atoms with E-state index in [2.05, 4.69) is 5.16 Å². The molecule has 2 aliphatic heterocycles. The molecule has 3 aromatic rings. The maximum atomic E-state index is 13.0. The van der Waals surface area contributed by atoms with Crippen LogP contribution in [0.25, 0.3) is 11.0 Å². The third-order valence-corrected chi connectivity index (χ3v) is 6.62. The summed E-state index contributed by atoms with van der Waals surface area (Å²) in [5.41, 5.74) is 3.55. The van der Waals surface area contributed by atoms with Crippen LogP contribution in [0, 0.1) is 13.8 Å². The van der Waals surface area contributed by atoms with E-state index < -0.39 is 5.60 Å². The lowest BCUT2D eigenvalue weighted by Gasteiger charge is -2.44. The van der Waals surface area contributed by atoms with Gasteiger partial charge in [0.25, 0.3) is 0 Å². The zero-order chi connectivity index (χ0) is 22.5. The predicted octanol–water partition coefficient (Wildman–Crippen LogP) is 4.02. The van der Waals surface area contributed by atoms with Gasteiger partial charge in [0.2, 0.25) is 5.91 Å². The Morgan fingerprint density at radius 2 is 1.97 bits per heavy atom. The molecule has 0 unspecified atom stereocenters. The lowest BCUT2D eigenvalue weighted by molar-refractivity contribution is -0.134. The van der Waals surface area contributed by atoms with Crippen LogP contribution < -0.4 is 9.47 Å². The Morgan fingerprint density at radius 3 is 2.72 bits per heavy atom. The van der Waals surface area contributed by atoms with E-state index in [1.807, 2.05) is 30.9 Å². The Balaban J connectivity index is 1.28.